The number of carbonyl (C=O) groups is 1. The molecule has 0 aliphatic carbocycles. The van der Waals surface area contributed by atoms with Crippen LogP contribution in [0.3, 0.4) is 0 Å². The molecule has 1 aromatic heterocycles. The van der Waals surface area contributed by atoms with Gasteiger partial charge in [-0.15, -0.1) is 0 Å². The van der Waals surface area contributed by atoms with Gasteiger partial charge in [-0.05, 0) is 19.1 Å². The first kappa shape index (κ1) is 18.3. The number of nitrogens with zero attached hydrogens (tertiary/aromatic N) is 1. The minimum absolute atomic E-state index is 0.177. The van der Waals surface area contributed by atoms with Crippen molar-refractivity contribution in [2.24, 2.45) is 0 Å². The lowest BCUT2D eigenvalue weighted by Gasteiger charge is -2.11. The zero-order valence-electron chi connectivity index (χ0n) is 15.3. The van der Waals surface area contributed by atoms with Gasteiger partial charge in [0.05, 0.1) is 26.1 Å². The van der Waals surface area contributed by atoms with Crippen LogP contribution in [-0.2, 0) is 11.3 Å². The lowest BCUT2D eigenvalue weighted by Crippen LogP contribution is -2.24. The standard InChI is InChI=1S/C20H20N2O5/c1-13-4-6-14(7-5-13)18-11-22(20(24)27-18)12-19(23)21-16-9-8-15(25-2)10-17(16)26-3/h4-11H,12H2,1-3H3,(H,21,23). The van der Waals surface area contributed by atoms with Crippen LogP contribution in [-0.4, -0.2) is 24.7 Å². The largest absolute Gasteiger partial charge is 0.497 e. The molecule has 0 aliphatic rings. The van der Waals surface area contributed by atoms with Crippen LogP contribution in [0.1, 0.15) is 5.56 Å². The molecule has 0 atom stereocenters. The second kappa shape index (κ2) is 7.82. The van der Waals surface area contributed by atoms with Crippen LogP contribution in [0, 0.1) is 6.92 Å². The van der Waals surface area contributed by atoms with E-state index < -0.39 is 5.76 Å². The van der Waals surface area contributed by atoms with Crippen LogP contribution in [0.4, 0.5) is 5.69 Å². The maximum absolute atomic E-state index is 12.3. The summed E-state index contributed by atoms with van der Waals surface area (Å²) in [4.78, 5) is 24.4. The van der Waals surface area contributed by atoms with Gasteiger partial charge in [-0.1, -0.05) is 29.8 Å². The number of hydrogen-bond donors (Lipinski definition) is 1. The van der Waals surface area contributed by atoms with Crippen molar-refractivity contribution in [3.63, 3.8) is 0 Å². The molecule has 0 unspecified atom stereocenters. The van der Waals surface area contributed by atoms with Gasteiger partial charge in [0.1, 0.15) is 18.0 Å². The van der Waals surface area contributed by atoms with E-state index in [9.17, 15) is 9.59 Å². The SMILES string of the molecule is COc1ccc(NC(=O)Cn2cc(-c3ccc(C)cc3)oc2=O)c(OC)c1. The Morgan fingerprint density at radius 3 is 2.52 bits per heavy atom. The smallest absolute Gasteiger partial charge is 0.419 e. The number of ether oxygens (including phenoxy) is 2. The van der Waals surface area contributed by atoms with Crippen LogP contribution in [0.2, 0.25) is 0 Å². The average molecular weight is 368 g/mol. The van der Waals surface area contributed by atoms with Crippen LogP contribution in [0.15, 0.2) is 57.9 Å². The second-order valence-electron chi connectivity index (χ2n) is 5.97. The fourth-order valence-corrected chi connectivity index (χ4v) is 2.58. The Balaban J connectivity index is 1.75. The number of benzene rings is 2. The Kier molecular flexibility index (Phi) is 5.30. The van der Waals surface area contributed by atoms with Crippen molar-refractivity contribution >= 4 is 11.6 Å². The molecule has 3 rings (SSSR count). The molecule has 7 nitrogen and oxygen atoms in total. The van der Waals surface area contributed by atoms with Gasteiger partial charge in [-0.25, -0.2) is 4.79 Å². The number of aryl methyl sites for hydroxylation is 1. The molecule has 0 spiro atoms. The summed E-state index contributed by atoms with van der Waals surface area (Å²) in [6.07, 6.45) is 1.53. The summed E-state index contributed by atoms with van der Waals surface area (Å²) in [7, 11) is 3.04. The van der Waals surface area contributed by atoms with Crippen molar-refractivity contribution in [1.82, 2.24) is 4.57 Å². The normalized spacial score (nSPS) is 10.5. The van der Waals surface area contributed by atoms with Gasteiger partial charge >= 0.3 is 5.76 Å². The minimum atomic E-state index is -0.595. The van der Waals surface area contributed by atoms with Crippen LogP contribution in [0.5, 0.6) is 11.5 Å². The summed E-state index contributed by atoms with van der Waals surface area (Å²) >= 11 is 0. The Morgan fingerprint density at radius 2 is 1.85 bits per heavy atom. The molecule has 7 heteroatoms. The molecule has 0 bridgehead atoms. The number of aromatic nitrogens is 1. The molecule has 0 saturated heterocycles. The van der Waals surface area contributed by atoms with E-state index in [1.807, 2.05) is 31.2 Å². The van der Waals surface area contributed by atoms with E-state index in [0.29, 0.717) is 22.9 Å². The molecule has 2 aromatic carbocycles. The molecule has 0 fully saturated rings. The van der Waals surface area contributed by atoms with E-state index in [1.54, 1.807) is 25.3 Å². The Morgan fingerprint density at radius 1 is 1.11 bits per heavy atom. The monoisotopic (exact) mass is 368 g/mol. The molecule has 1 N–H and O–H groups in total. The third-order valence-corrected chi connectivity index (χ3v) is 4.04. The van der Waals surface area contributed by atoms with E-state index in [1.165, 1.54) is 17.9 Å². The number of nitrogens with one attached hydrogen (secondary N) is 1. The summed E-state index contributed by atoms with van der Waals surface area (Å²) in [6.45, 7) is 1.80. The van der Waals surface area contributed by atoms with Gasteiger partial charge in [-0.2, -0.15) is 0 Å². The van der Waals surface area contributed by atoms with Gasteiger partial charge < -0.3 is 19.2 Å². The van der Waals surface area contributed by atoms with Crippen molar-refractivity contribution in [1.29, 1.82) is 0 Å². The molecular weight excluding hydrogens is 348 g/mol. The predicted octanol–water partition coefficient (Wildman–Crippen LogP) is 3.07. The lowest BCUT2D eigenvalue weighted by molar-refractivity contribution is -0.116. The summed E-state index contributed by atoms with van der Waals surface area (Å²) in [5, 5.41) is 2.72. The molecule has 3 aromatic rings. The topological polar surface area (TPSA) is 82.7 Å². The number of methoxy groups -OCH3 is 2. The quantitative estimate of drug-likeness (QED) is 0.723. The number of anilines is 1. The third-order valence-electron chi connectivity index (χ3n) is 4.04. The van der Waals surface area contributed by atoms with Crippen LogP contribution in [0.25, 0.3) is 11.3 Å². The first-order chi connectivity index (χ1) is 13.0. The predicted molar refractivity (Wildman–Crippen MR) is 101 cm³/mol. The van der Waals surface area contributed by atoms with Crippen molar-refractivity contribution < 1.29 is 18.7 Å². The molecule has 0 aliphatic heterocycles. The number of hydrogen-bond acceptors (Lipinski definition) is 5. The highest BCUT2D eigenvalue weighted by Crippen LogP contribution is 2.29. The molecule has 1 amide bonds. The molecule has 0 saturated carbocycles. The summed E-state index contributed by atoms with van der Waals surface area (Å²) < 4.78 is 16.9. The number of amides is 1. The Hall–Kier alpha value is -3.48. The van der Waals surface area contributed by atoms with Crippen molar-refractivity contribution in [3.05, 3.63) is 64.8 Å². The summed E-state index contributed by atoms with van der Waals surface area (Å²) in [6, 6.07) is 12.6. The van der Waals surface area contributed by atoms with E-state index in [-0.39, 0.29) is 12.5 Å². The number of carbonyl (C=O) groups excluding carboxylic acids is 1. The summed E-state index contributed by atoms with van der Waals surface area (Å²) in [5.41, 5.74) is 2.36. The van der Waals surface area contributed by atoms with E-state index in [4.69, 9.17) is 13.9 Å². The fraction of sp³-hybridized carbons (Fsp3) is 0.200. The Labute approximate surface area is 156 Å². The van der Waals surface area contributed by atoms with Crippen LogP contribution >= 0.6 is 0 Å². The maximum atomic E-state index is 12.3. The second-order valence-corrected chi connectivity index (χ2v) is 5.97. The Bertz CT molecular complexity index is 1000. The fourth-order valence-electron chi connectivity index (χ4n) is 2.58. The van der Waals surface area contributed by atoms with Gasteiger partial charge in [0.25, 0.3) is 0 Å². The van der Waals surface area contributed by atoms with Gasteiger partial charge in [0.2, 0.25) is 5.91 Å². The molecular formula is C20H20N2O5. The minimum Gasteiger partial charge on any atom is -0.497 e. The molecule has 0 radical (unpaired) electrons. The number of oxazole rings is 1. The zero-order chi connectivity index (χ0) is 19.4. The number of rotatable bonds is 6. The van der Waals surface area contributed by atoms with E-state index >= 15 is 0 Å². The first-order valence-corrected chi connectivity index (χ1v) is 8.29. The maximum Gasteiger partial charge on any atom is 0.419 e. The first-order valence-electron chi connectivity index (χ1n) is 8.29. The van der Waals surface area contributed by atoms with E-state index in [2.05, 4.69) is 5.32 Å². The average Bonchev–Trinajstić information content (AvgIpc) is 3.03. The third kappa shape index (κ3) is 4.20. The highest BCUT2D eigenvalue weighted by Gasteiger charge is 2.13. The summed E-state index contributed by atoms with van der Waals surface area (Å²) in [5.74, 6) is 0.510. The molecule has 1 heterocycles. The molecule has 140 valence electrons. The highest BCUT2D eigenvalue weighted by molar-refractivity contribution is 5.92. The van der Waals surface area contributed by atoms with Crippen LogP contribution < -0.4 is 20.5 Å². The zero-order valence-corrected chi connectivity index (χ0v) is 15.3. The lowest BCUT2D eigenvalue weighted by atomic mass is 10.1. The van der Waals surface area contributed by atoms with Gasteiger partial charge in [0.15, 0.2) is 5.76 Å². The van der Waals surface area contributed by atoms with Gasteiger partial charge in [0, 0.05) is 11.6 Å². The highest BCUT2D eigenvalue weighted by atomic mass is 16.5. The van der Waals surface area contributed by atoms with Gasteiger partial charge in [-0.3, -0.25) is 9.36 Å². The molecule has 27 heavy (non-hydrogen) atoms. The van der Waals surface area contributed by atoms with E-state index in [0.717, 1.165) is 11.1 Å². The van der Waals surface area contributed by atoms with Crippen molar-refractivity contribution in [2.75, 3.05) is 19.5 Å². The van der Waals surface area contributed by atoms with Crippen molar-refractivity contribution in [2.45, 2.75) is 13.5 Å². The van der Waals surface area contributed by atoms with Crippen molar-refractivity contribution in [3.8, 4) is 22.8 Å².